The first kappa shape index (κ1) is 11.3. The summed E-state index contributed by atoms with van der Waals surface area (Å²) in [6, 6.07) is 3.48. The van der Waals surface area contributed by atoms with Crippen molar-refractivity contribution in [3.8, 4) is 0 Å². The number of H-pyrrole nitrogens is 1. The van der Waals surface area contributed by atoms with E-state index in [1.54, 1.807) is 23.4 Å². The van der Waals surface area contributed by atoms with Gasteiger partial charge in [-0.2, -0.15) is 5.10 Å². The maximum absolute atomic E-state index is 11.3. The van der Waals surface area contributed by atoms with Crippen molar-refractivity contribution in [1.82, 2.24) is 9.99 Å². The van der Waals surface area contributed by atoms with Gasteiger partial charge in [0.15, 0.2) is 0 Å². The molecule has 6 heteroatoms. The lowest BCUT2D eigenvalue weighted by Gasteiger charge is -2.00. The van der Waals surface area contributed by atoms with E-state index < -0.39 is 5.97 Å². The number of carbonyl (C=O) groups excluding carboxylic acids is 1. The molecule has 0 fully saturated rings. The van der Waals surface area contributed by atoms with Gasteiger partial charge in [-0.05, 0) is 12.1 Å². The maximum atomic E-state index is 11.3. The lowest BCUT2D eigenvalue weighted by atomic mass is 10.3. The summed E-state index contributed by atoms with van der Waals surface area (Å²) in [6.07, 6.45) is 1.60. The van der Waals surface area contributed by atoms with E-state index >= 15 is 0 Å². The predicted octanol–water partition coefficient (Wildman–Crippen LogP) is 1.44. The Balaban J connectivity index is 2.28. The van der Waals surface area contributed by atoms with E-state index in [1.165, 1.54) is 7.11 Å². The summed E-state index contributed by atoms with van der Waals surface area (Å²) in [7, 11) is 4.97. The van der Waals surface area contributed by atoms with Crippen LogP contribution in [0.4, 0.5) is 0 Å². The predicted molar refractivity (Wildman–Crippen MR) is 63.2 cm³/mol. The van der Waals surface area contributed by atoms with Gasteiger partial charge in [0.25, 0.3) is 0 Å². The van der Waals surface area contributed by atoms with Gasteiger partial charge in [-0.25, -0.2) is 4.79 Å². The van der Waals surface area contributed by atoms with E-state index in [4.69, 9.17) is 4.42 Å². The molecule has 90 valence electrons. The minimum Gasteiger partial charge on any atom is -0.464 e. The summed E-state index contributed by atoms with van der Waals surface area (Å²) in [4.78, 5) is 14.1. The fourth-order valence-electron chi connectivity index (χ4n) is 1.40. The highest BCUT2D eigenvalue weighted by atomic mass is 16.5. The number of aromatic amines is 1. The molecule has 2 heterocycles. The third-order valence-electron chi connectivity index (χ3n) is 2.15. The van der Waals surface area contributed by atoms with Crippen LogP contribution in [0.25, 0.3) is 11.1 Å². The van der Waals surface area contributed by atoms with Gasteiger partial charge in [0, 0.05) is 19.5 Å². The van der Waals surface area contributed by atoms with Crippen LogP contribution in [0.5, 0.6) is 0 Å². The lowest BCUT2D eigenvalue weighted by Crippen LogP contribution is -2.01. The minimum absolute atomic E-state index is 0.373. The molecule has 0 atom stereocenters. The van der Waals surface area contributed by atoms with E-state index in [2.05, 4.69) is 14.8 Å². The molecule has 0 spiro atoms. The number of furan rings is 1. The number of carbonyl (C=O) groups is 1. The zero-order chi connectivity index (χ0) is 12.4. The summed E-state index contributed by atoms with van der Waals surface area (Å²) in [5.74, 6) is 0.205. The number of ether oxygens (including phenoxy) is 1. The second-order valence-corrected chi connectivity index (χ2v) is 3.70. The van der Waals surface area contributed by atoms with Crippen molar-refractivity contribution >= 4 is 23.3 Å². The zero-order valence-corrected chi connectivity index (χ0v) is 9.85. The van der Waals surface area contributed by atoms with Crippen LogP contribution < -0.4 is 0 Å². The van der Waals surface area contributed by atoms with Crippen LogP contribution in [0.15, 0.2) is 21.7 Å². The van der Waals surface area contributed by atoms with Gasteiger partial charge in [0.05, 0.1) is 13.3 Å². The number of hydrazone groups is 1. The Morgan fingerprint density at radius 1 is 1.53 bits per heavy atom. The monoisotopic (exact) mass is 235 g/mol. The molecule has 6 nitrogen and oxygen atoms in total. The van der Waals surface area contributed by atoms with Gasteiger partial charge in [-0.3, -0.25) is 0 Å². The first-order chi connectivity index (χ1) is 8.10. The van der Waals surface area contributed by atoms with Crippen molar-refractivity contribution < 1.29 is 13.9 Å². The molecule has 2 rings (SSSR count). The van der Waals surface area contributed by atoms with Crippen LogP contribution in [0, 0.1) is 0 Å². The van der Waals surface area contributed by atoms with Crippen LogP contribution in [-0.4, -0.2) is 43.4 Å². The smallest absolute Gasteiger partial charge is 0.354 e. The summed E-state index contributed by atoms with van der Waals surface area (Å²) >= 11 is 0. The topological polar surface area (TPSA) is 70.8 Å². The molecule has 0 aliphatic carbocycles. The Labute approximate surface area is 97.8 Å². The molecular weight excluding hydrogens is 222 g/mol. The molecule has 0 saturated heterocycles. The number of methoxy groups -OCH3 is 1. The molecule has 0 amide bonds. The Morgan fingerprint density at radius 3 is 2.88 bits per heavy atom. The Morgan fingerprint density at radius 2 is 2.29 bits per heavy atom. The fourth-order valence-corrected chi connectivity index (χ4v) is 1.40. The number of rotatable bonds is 3. The number of hydrogen-bond donors (Lipinski definition) is 1. The van der Waals surface area contributed by atoms with E-state index in [9.17, 15) is 4.79 Å². The molecule has 0 aliphatic heterocycles. The lowest BCUT2D eigenvalue weighted by molar-refractivity contribution is 0.0595. The molecule has 0 radical (unpaired) electrons. The van der Waals surface area contributed by atoms with Crippen molar-refractivity contribution in [1.29, 1.82) is 0 Å². The second kappa shape index (κ2) is 4.32. The minimum atomic E-state index is -0.417. The first-order valence-electron chi connectivity index (χ1n) is 5.02. The number of aromatic nitrogens is 1. The standard InChI is InChI=1S/C11H13N3O3/c1-14(2)12-6-8-4-7-5-9(11(15)16-3)13-10(7)17-8/h4-6,13H,1-3H3/b12-6-. The van der Waals surface area contributed by atoms with Crippen molar-refractivity contribution in [2.24, 2.45) is 5.10 Å². The van der Waals surface area contributed by atoms with Crippen LogP contribution in [0.2, 0.25) is 0 Å². The van der Waals surface area contributed by atoms with Crippen molar-refractivity contribution in [3.05, 3.63) is 23.6 Å². The summed E-state index contributed by atoms with van der Waals surface area (Å²) in [6.45, 7) is 0. The Bertz CT molecular complexity index is 534. The Kier molecular flexibility index (Phi) is 2.86. The third-order valence-corrected chi connectivity index (χ3v) is 2.15. The van der Waals surface area contributed by atoms with Gasteiger partial charge in [-0.15, -0.1) is 0 Å². The molecule has 0 bridgehead atoms. The highest BCUT2D eigenvalue weighted by Crippen LogP contribution is 2.19. The average Bonchev–Trinajstić information content (AvgIpc) is 2.82. The zero-order valence-electron chi connectivity index (χ0n) is 9.85. The Hall–Kier alpha value is -2.24. The fraction of sp³-hybridized carbons (Fsp3) is 0.273. The van der Waals surface area contributed by atoms with Crippen LogP contribution in [0.3, 0.4) is 0 Å². The highest BCUT2D eigenvalue weighted by molar-refractivity contribution is 5.95. The van der Waals surface area contributed by atoms with E-state index in [-0.39, 0.29) is 0 Å². The van der Waals surface area contributed by atoms with Crippen LogP contribution >= 0.6 is 0 Å². The highest BCUT2D eigenvalue weighted by Gasteiger charge is 2.12. The number of fused-ring (bicyclic) bond motifs is 1. The van der Waals surface area contributed by atoms with Crippen LogP contribution in [0.1, 0.15) is 16.2 Å². The molecule has 0 unspecified atom stereocenters. The quantitative estimate of drug-likeness (QED) is 0.496. The molecule has 2 aromatic heterocycles. The van der Waals surface area contributed by atoms with Gasteiger partial charge in [-0.1, -0.05) is 0 Å². The SMILES string of the molecule is COC(=O)c1cc2cc(/C=N\N(C)C)oc2[nH]1. The molecule has 0 aromatic carbocycles. The molecule has 0 aliphatic rings. The summed E-state index contributed by atoms with van der Waals surface area (Å²) in [5, 5.41) is 6.53. The van der Waals surface area contributed by atoms with E-state index in [1.807, 2.05) is 14.1 Å². The maximum Gasteiger partial charge on any atom is 0.354 e. The number of hydrogen-bond acceptors (Lipinski definition) is 5. The van der Waals surface area contributed by atoms with Crippen molar-refractivity contribution in [3.63, 3.8) is 0 Å². The second-order valence-electron chi connectivity index (χ2n) is 3.70. The number of nitrogens with zero attached hydrogens (tertiary/aromatic N) is 2. The first-order valence-corrected chi connectivity index (χ1v) is 5.02. The van der Waals surface area contributed by atoms with Gasteiger partial charge in [0.2, 0.25) is 5.71 Å². The normalized spacial score (nSPS) is 11.2. The average molecular weight is 235 g/mol. The molecule has 2 aromatic rings. The van der Waals surface area contributed by atoms with Crippen molar-refractivity contribution in [2.75, 3.05) is 21.2 Å². The van der Waals surface area contributed by atoms with Crippen LogP contribution in [-0.2, 0) is 4.74 Å². The number of nitrogens with one attached hydrogen (secondary N) is 1. The van der Waals surface area contributed by atoms with E-state index in [0.717, 1.165) is 5.39 Å². The van der Waals surface area contributed by atoms with Gasteiger partial charge in [0.1, 0.15) is 11.5 Å². The molecule has 0 saturated carbocycles. The molecule has 1 N–H and O–H groups in total. The van der Waals surface area contributed by atoms with Gasteiger partial charge >= 0.3 is 5.97 Å². The third kappa shape index (κ3) is 2.30. The number of esters is 1. The molecular formula is C11H13N3O3. The van der Waals surface area contributed by atoms with Crippen molar-refractivity contribution in [2.45, 2.75) is 0 Å². The van der Waals surface area contributed by atoms with E-state index in [0.29, 0.717) is 17.2 Å². The summed E-state index contributed by atoms with van der Waals surface area (Å²) < 4.78 is 10.1. The van der Waals surface area contributed by atoms with Gasteiger partial charge < -0.3 is 19.1 Å². The largest absolute Gasteiger partial charge is 0.464 e. The summed E-state index contributed by atoms with van der Waals surface area (Å²) in [5.41, 5.74) is 0.906. The molecule has 17 heavy (non-hydrogen) atoms.